The average Bonchev–Trinajstić information content (AvgIpc) is 3.28. The van der Waals surface area contributed by atoms with Crippen LogP contribution >= 0.6 is 0 Å². The van der Waals surface area contributed by atoms with Crippen molar-refractivity contribution >= 4 is 5.91 Å². The van der Waals surface area contributed by atoms with Gasteiger partial charge in [-0.3, -0.25) is 14.5 Å². The highest BCUT2D eigenvalue weighted by Crippen LogP contribution is 2.23. The number of hydrogen-bond donors (Lipinski definition) is 2. The van der Waals surface area contributed by atoms with E-state index in [0.717, 1.165) is 12.0 Å². The molecule has 1 saturated heterocycles. The minimum Gasteiger partial charge on any atom is -0.394 e. The molecule has 3 heterocycles. The Balaban J connectivity index is 1.29. The van der Waals surface area contributed by atoms with Gasteiger partial charge in [0.15, 0.2) is 0 Å². The first-order valence-corrected chi connectivity index (χ1v) is 10.1. The summed E-state index contributed by atoms with van der Waals surface area (Å²) in [5, 5.41) is 20.9. The summed E-state index contributed by atoms with van der Waals surface area (Å²) in [5.74, 6) is -0.634. The molecule has 162 valence electrons. The van der Waals surface area contributed by atoms with Gasteiger partial charge in [-0.15, -0.1) is 5.10 Å². The molecule has 0 radical (unpaired) electrons. The minimum absolute atomic E-state index is 0.0692. The largest absolute Gasteiger partial charge is 0.394 e. The number of nitrogens with zero attached hydrogens (tertiary/aromatic N) is 5. The summed E-state index contributed by atoms with van der Waals surface area (Å²) in [7, 11) is 0. The zero-order valence-electron chi connectivity index (χ0n) is 16.8. The maximum absolute atomic E-state index is 13.1. The van der Waals surface area contributed by atoms with E-state index in [4.69, 9.17) is 4.74 Å². The normalized spacial score (nSPS) is 21.0. The Hall–Kier alpha value is -3.24. The van der Waals surface area contributed by atoms with E-state index in [1.807, 2.05) is 6.20 Å². The second-order valence-electron chi connectivity index (χ2n) is 7.39. The van der Waals surface area contributed by atoms with E-state index < -0.39 is 6.10 Å². The Morgan fingerprint density at radius 2 is 2.10 bits per heavy atom. The van der Waals surface area contributed by atoms with Crippen molar-refractivity contribution in [1.82, 2.24) is 30.3 Å². The Kier molecular flexibility index (Phi) is 6.58. The molecule has 2 aromatic heterocycles. The van der Waals surface area contributed by atoms with Gasteiger partial charge in [-0.2, -0.15) is 0 Å². The molecular formula is C21H23FN6O3. The number of carbonyl (C=O) groups is 1. The van der Waals surface area contributed by atoms with Crippen molar-refractivity contribution in [3.05, 3.63) is 60.6 Å². The maximum atomic E-state index is 13.1. The highest BCUT2D eigenvalue weighted by Gasteiger charge is 2.32. The van der Waals surface area contributed by atoms with Crippen molar-refractivity contribution < 1.29 is 19.0 Å². The fourth-order valence-electron chi connectivity index (χ4n) is 3.60. The Morgan fingerprint density at radius 1 is 1.26 bits per heavy atom. The third-order valence-electron chi connectivity index (χ3n) is 5.27. The number of aliphatic hydroxyl groups is 1. The lowest BCUT2D eigenvalue weighted by molar-refractivity contribution is -0.0912. The van der Waals surface area contributed by atoms with Crippen molar-refractivity contribution in [3.63, 3.8) is 0 Å². The number of nitrogens with one attached hydrogen (secondary N) is 1. The van der Waals surface area contributed by atoms with E-state index in [2.05, 4.69) is 25.6 Å². The van der Waals surface area contributed by atoms with Gasteiger partial charge in [-0.25, -0.2) is 9.37 Å². The Morgan fingerprint density at radius 3 is 2.84 bits per heavy atom. The lowest BCUT2D eigenvalue weighted by atomic mass is 9.97. The van der Waals surface area contributed by atoms with Gasteiger partial charge in [0.05, 0.1) is 31.1 Å². The quantitative estimate of drug-likeness (QED) is 0.590. The lowest BCUT2D eigenvalue weighted by Crippen LogP contribution is -2.51. The molecule has 0 unspecified atom stereocenters. The molecule has 3 aromatic rings. The smallest absolute Gasteiger partial charge is 0.271 e. The van der Waals surface area contributed by atoms with Crippen LogP contribution in [0.15, 0.2) is 49.1 Å². The van der Waals surface area contributed by atoms with Gasteiger partial charge in [0.25, 0.3) is 5.91 Å². The molecule has 1 amide bonds. The fourth-order valence-corrected chi connectivity index (χ4v) is 3.60. The van der Waals surface area contributed by atoms with E-state index in [-0.39, 0.29) is 36.2 Å². The van der Waals surface area contributed by atoms with E-state index in [9.17, 15) is 14.3 Å². The topological polar surface area (TPSA) is 115 Å². The van der Waals surface area contributed by atoms with Crippen LogP contribution in [-0.2, 0) is 11.3 Å². The summed E-state index contributed by atoms with van der Waals surface area (Å²) in [6.07, 6.45) is 7.70. The van der Waals surface area contributed by atoms with E-state index in [1.165, 1.54) is 30.7 Å². The number of carbonyl (C=O) groups excluding carboxylic acids is 1. The number of aryl methyl sites for hydroxylation is 1. The minimum atomic E-state index is -0.495. The first-order chi connectivity index (χ1) is 15.1. The van der Waals surface area contributed by atoms with Crippen molar-refractivity contribution in [2.45, 2.75) is 44.1 Å². The number of aromatic nitrogens is 5. The zero-order valence-corrected chi connectivity index (χ0v) is 16.8. The standard InChI is InChI=1S/C21H23FN6O3/c22-15-3-1-14(2-4-15)19-12-28(27-26-19)10-7-16-5-6-17(20(13-29)31-16)25-21(30)18-11-23-8-9-24-18/h1-4,8-9,11-12,16-17,20,29H,5-7,10,13H2,(H,25,30)/t16-,17+,20-/m0/s1. The number of rotatable bonds is 7. The number of hydrogen-bond acceptors (Lipinski definition) is 7. The molecule has 1 aliphatic rings. The second kappa shape index (κ2) is 9.71. The number of aliphatic hydroxyl groups excluding tert-OH is 1. The number of halogens is 1. The summed E-state index contributed by atoms with van der Waals surface area (Å²) in [4.78, 5) is 20.2. The highest BCUT2D eigenvalue weighted by atomic mass is 19.1. The van der Waals surface area contributed by atoms with Crippen LogP contribution < -0.4 is 5.32 Å². The van der Waals surface area contributed by atoms with Gasteiger partial charge >= 0.3 is 0 Å². The molecule has 1 aliphatic heterocycles. The molecule has 0 aliphatic carbocycles. The molecule has 10 heteroatoms. The Bertz CT molecular complexity index is 998. The molecular weight excluding hydrogens is 403 g/mol. The summed E-state index contributed by atoms with van der Waals surface area (Å²) in [6, 6.07) is 5.80. The fraction of sp³-hybridized carbons (Fsp3) is 0.381. The van der Waals surface area contributed by atoms with Crippen LogP contribution in [0.3, 0.4) is 0 Å². The van der Waals surface area contributed by atoms with Crippen LogP contribution in [0, 0.1) is 5.82 Å². The maximum Gasteiger partial charge on any atom is 0.271 e. The second-order valence-corrected chi connectivity index (χ2v) is 7.39. The first-order valence-electron chi connectivity index (χ1n) is 10.1. The van der Waals surface area contributed by atoms with Gasteiger partial charge in [0.1, 0.15) is 23.3 Å². The van der Waals surface area contributed by atoms with Gasteiger partial charge in [-0.1, -0.05) is 5.21 Å². The lowest BCUT2D eigenvalue weighted by Gasteiger charge is -2.36. The van der Waals surface area contributed by atoms with Crippen LogP contribution in [0.4, 0.5) is 4.39 Å². The first kappa shape index (κ1) is 21.0. The average molecular weight is 426 g/mol. The number of benzene rings is 1. The molecule has 0 bridgehead atoms. The predicted molar refractivity (Wildman–Crippen MR) is 108 cm³/mol. The Labute approximate surface area is 178 Å². The summed E-state index contributed by atoms with van der Waals surface area (Å²) >= 11 is 0. The molecule has 1 aromatic carbocycles. The molecule has 3 atom stereocenters. The third-order valence-corrected chi connectivity index (χ3v) is 5.27. The third kappa shape index (κ3) is 5.28. The van der Waals surface area contributed by atoms with Gasteiger partial charge < -0.3 is 15.2 Å². The van der Waals surface area contributed by atoms with Crippen LogP contribution in [0.25, 0.3) is 11.3 Å². The molecule has 4 rings (SSSR count). The highest BCUT2D eigenvalue weighted by molar-refractivity contribution is 5.92. The monoisotopic (exact) mass is 426 g/mol. The van der Waals surface area contributed by atoms with Crippen molar-refractivity contribution in [3.8, 4) is 11.3 Å². The molecule has 9 nitrogen and oxygen atoms in total. The molecule has 2 N–H and O–H groups in total. The zero-order chi connectivity index (χ0) is 21.6. The van der Waals surface area contributed by atoms with Gasteiger partial charge in [0.2, 0.25) is 0 Å². The summed E-state index contributed by atoms with van der Waals surface area (Å²) in [6.45, 7) is 0.396. The van der Waals surface area contributed by atoms with E-state index in [1.54, 1.807) is 16.8 Å². The van der Waals surface area contributed by atoms with Crippen molar-refractivity contribution in [1.29, 1.82) is 0 Å². The summed E-state index contributed by atoms with van der Waals surface area (Å²) in [5.41, 5.74) is 1.69. The molecule has 1 fully saturated rings. The number of ether oxygens (including phenoxy) is 1. The van der Waals surface area contributed by atoms with E-state index in [0.29, 0.717) is 25.1 Å². The van der Waals surface area contributed by atoms with Crippen molar-refractivity contribution in [2.24, 2.45) is 0 Å². The van der Waals surface area contributed by atoms with Crippen LogP contribution in [0.2, 0.25) is 0 Å². The van der Waals surface area contributed by atoms with Crippen LogP contribution in [-0.4, -0.2) is 60.8 Å². The SMILES string of the molecule is O=C(N[C@@H]1CC[C@@H](CCn2cc(-c3ccc(F)cc3)nn2)O[C@H]1CO)c1cnccn1. The number of amides is 1. The summed E-state index contributed by atoms with van der Waals surface area (Å²) < 4.78 is 20.8. The molecule has 0 spiro atoms. The van der Waals surface area contributed by atoms with Gasteiger partial charge in [-0.05, 0) is 43.5 Å². The van der Waals surface area contributed by atoms with Crippen LogP contribution in [0.5, 0.6) is 0 Å². The molecule has 0 saturated carbocycles. The predicted octanol–water partition coefficient (Wildman–Crippen LogP) is 1.60. The van der Waals surface area contributed by atoms with Crippen molar-refractivity contribution in [2.75, 3.05) is 6.61 Å². The van der Waals surface area contributed by atoms with Crippen LogP contribution in [0.1, 0.15) is 29.8 Å². The van der Waals surface area contributed by atoms with E-state index >= 15 is 0 Å². The molecule has 31 heavy (non-hydrogen) atoms. The van der Waals surface area contributed by atoms with Gasteiger partial charge in [0, 0.05) is 24.5 Å².